The Morgan fingerprint density at radius 2 is 1.62 bits per heavy atom. The maximum atomic E-state index is 12.8. The highest BCUT2D eigenvalue weighted by molar-refractivity contribution is 5.97. The zero-order valence-corrected chi connectivity index (χ0v) is 11.1. The molecule has 21 heavy (non-hydrogen) atoms. The molecule has 3 nitrogen and oxygen atoms in total. The zero-order chi connectivity index (χ0) is 15.2. The van der Waals surface area contributed by atoms with Crippen molar-refractivity contribution in [3.63, 3.8) is 0 Å². The molecule has 0 fully saturated rings. The van der Waals surface area contributed by atoms with Crippen LogP contribution < -0.4 is 0 Å². The summed E-state index contributed by atoms with van der Waals surface area (Å²) in [4.78, 5) is 22.5. The summed E-state index contributed by atoms with van der Waals surface area (Å²) in [6.45, 7) is 0. The van der Waals surface area contributed by atoms with Crippen LogP contribution in [-0.4, -0.2) is 16.9 Å². The van der Waals surface area contributed by atoms with E-state index in [-0.39, 0.29) is 18.0 Å². The number of benzene rings is 2. The van der Waals surface area contributed by atoms with Crippen LogP contribution in [0.25, 0.3) is 6.08 Å². The van der Waals surface area contributed by atoms with E-state index in [4.69, 9.17) is 5.11 Å². The molecule has 0 unspecified atom stereocenters. The van der Waals surface area contributed by atoms with E-state index in [1.165, 1.54) is 18.2 Å². The third-order valence-corrected chi connectivity index (χ3v) is 2.93. The van der Waals surface area contributed by atoms with Crippen molar-refractivity contribution in [2.24, 2.45) is 0 Å². The normalized spacial score (nSPS) is 10.7. The largest absolute Gasteiger partial charge is 0.478 e. The van der Waals surface area contributed by atoms with Crippen LogP contribution >= 0.6 is 0 Å². The molecule has 0 radical (unpaired) electrons. The van der Waals surface area contributed by atoms with E-state index in [2.05, 4.69) is 0 Å². The molecule has 0 atom stereocenters. The lowest BCUT2D eigenvalue weighted by atomic mass is 10.0. The number of aliphatic carboxylic acids is 1. The third-order valence-electron chi connectivity index (χ3n) is 2.93. The van der Waals surface area contributed by atoms with Crippen molar-refractivity contribution in [2.45, 2.75) is 6.42 Å². The molecule has 0 aliphatic heterocycles. The molecule has 0 heterocycles. The predicted molar refractivity (Wildman–Crippen MR) is 77.5 cm³/mol. The van der Waals surface area contributed by atoms with Gasteiger partial charge in [-0.2, -0.15) is 0 Å². The average molecular weight is 284 g/mol. The summed E-state index contributed by atoms with van der Waals surface area (Å²) in [5.74, 6) is -1.43. The molecule has 0 spiro atoms. The van der Waals surface area contributed by atoms with Gasteiger partial charge in [0, 0.05) is 18.1 Å². The van der Waals surface area contributed by atoms with Crippen LogP contribution in [0.1, 0.15) is 21.5 Å². The number of hydrogen-bond donors (Lipinski definition) is 1. The fourth-order valence-corrected chi connectivity index (χ4v) is 1.84. The molecule has 2 rings (SSSR count). The Hall–Kier alpha value is -2.75. The van der Waals surface area contributed by atoms with E-state index in [1.807, 2.05) is 0 Å². The Bertz CT molecular complexity index is 670. The summed E-state index contributed by atoms with van der Waals surface area (Å²) in [6, 6.07) is 12.5. The minimum absolute atomic E-state index is 0.0737. The number of carboxylic acid groups (broad SMARTS) is 1. The molecule has 4 heteroatoms. The van der Waals surface area contributed by atoms with E-state index >= 15 is 0 Å². The van der Waals surface area contributed by atoms with Crippen molar-refractivity contribution in [3.05, 3.63) is 77.1 Å². The van der Waals surface area contributed by atoms with Crippen LogP contribution in [0.5, 0.6) is 0 Å². The molecule has 0 bridgehead atoms. The van der Waals surface area contributed by atoms with Gasteiger partial charge in [-0.1, -0.05) is 36.4 Å². The number of rotatable bonds is 5. The molecule has 2 aromatic rings. The Morgan fingerprint density at radius 1 is 1.00 bits per heavy atom. The third kappa shape index (κ3) is 4.38. The van der Waals surface area contributed by atoms with Crippen LogP contribution in [0.3, 0.4) is 0 Å². The first kappa shape index (κ1) is 14.7. The number of halogens is 1. The summed E-state index contributed by atoms with van der Waals surface area (Å²) in [6.07, 6.45) is 2.69. The molecule has 2 aromatic carbocycles. The second-order valence-electron chi connectivity index (χ2n) is 4.52. The number of carboxylic acids is 1. The van der Waals surface area contributed by atoms with Crippen LogP contribution in [0, 0.1) is 5.82 Å². The number of carbonyl (C=O) groups excluding carboxylic acids is 1. The van der Waals surface area contributed by atoms with Gasteiger partial charge in [-0.15, -0.1) is 0 Å². The summed E-state index contributed by atoms with van der Waals surface area (Å²) in [5, 5.41) is 8.53. The molecule has 0 aromatic heterocycles. The van der Waals surface area contributed by atoms with Gasteiger partial charge in [-0.05, 0) is 29.3 Å². The molecule has 106 valence electrons. The van der Waals surface area contributed by atoms with Gasteiger partial charge in [0.15, 0.2) is 5.78 Å². The SMILES string of the molecule is O=C(O)/C=C/c1ccc(C(=O)Cc2ccc(F)cc2)cc1. The molecule has 0 saturated heterocycles. The lowest BCUT2D eigenvalue weighted by molar-refractivity contribution is -0.131. The monoisotopic (exact) mass is 284 g/mol. The molecule has 0 amide bonds. The zero-order valence-electron chi connectivity index (χ0n) is 11.1. The standard InChI is InChI=1S/C17H13FO3/c18-15-8-3-13(4-9-15)11-16(19)14-6-1-12(2-7-14)5-10-17(20)21/h1-10H,11H2,(H,20,21)/b10-5+. The second kappa shape index (κ2) is 6.61. The maximum Gasteiger partial charge on any atom is 0.328 e. The van der Waals surface area contributed by atoms with Crippen molar-refractivity contribution in [3.8, 4) is 0 Å². The highest BCUT2D eigenvalue weighted by Gasteiger charge is 2.07. The summed E-state index contributed by atoms with van der Waals surface area (Å²) in [7, 11) is 0. The number of ketones is 1. The van der Waals surface area contributed by atoms with Gasteiger partial charge in [0.2, 0.25) is 0 Å². The molecule has 0 aliphatic carbocycles. The van der Waals surface area contributed by atoms with Gasteiger partial charge in [-0.3, -0.25) is 4.79 Å². The van der Waals surface area contributed by atoms with E-state index in [0.29, 0.717) is 11.1 Å². The fraction of sp³-hybridized carbons (Fsp3) is 0.0588. The van der Waals surface area contributed by atoms with Crippen LogP contribution in [0.2, 0.25) is 0 Å². The van der Waals surface area contributed by atoms with Gasteiger partial charge in [0.05, 0.1) is 0 Å². The molecular weight excluding hydrogens is 271 g/mol. The van der Waals surface area contributed by atoms with Gasteiger partial charge >= 0.3 is 5.97 Å². The lowest BCUT2D eigenvalue weighted by Crippen LogP contribution is -2.03. The first-order chi connectivity index (χ1) is 10.0. The smallest absolute Gasteiger partial charge is 0.328 e. The molecular formula is C17H13FO3. The fourth-order valence-electron chi connectivity index (χ4n) is 1.84. The van der Waals surface area contributed by atoms with Crippen molar-refractivity contribution in [1.29, 1.82) is 0 Å². The van der Waals surface area contributed by atoms with E-state index in [9.17, 15) is 14.0 Å². The summed E-state index contributed by atoms with van der Waals surface area (Å²) < 4.78 is 12.8. The van der Waals surface area contributed by atoms with E-state index in [1.54, 1.807) is 36.4 Å². The van der Waals surface area contributed by atoms with Crippen LogP contribution in [0.4, 0.5) is 4.39 Å². The van der Waals surface area contributed by atoms with Gasteiger partial charge < -0.3 is 5.11 Å². The highest BCUT2D eigenvalue weighted by Crippen LogP contribution is 2.11. The minimum atomic E-state index is -1.02. The average Bonchev–Trinajstić information content (AvgIpc) is 2.48. The Balaban J connectivity index is 2.06. The van der Waals surface area contributed by atoms with Crippen molar-refractivity contribution >= 4 is 17.8 Å². The van der Waals surface area contributed by atoms with Gasteiger partial charge in [-0.25, -0.2) is 9.18 Å². The highest BCUT2D eigenvalue weighted by atomic mass is 19.1. The molecule has 0 saturated carbocycles. The second-order valence-corrected chi connectivity index (χ2v) is 4.52. The number of hydrogen-bond acceptors (Lipinski definition) is 2. The van der Waals surface area contributed by atoms with E-state index < -0.39 is 5.97 Å². The topological polar surface area (TPSA) is 54.4 Å². The maximum absolute atomic E-state index is 12.8. The quantitative estimate of drug-likeness (QED) is 0.676. The van der Waals surface area contributed by atoms with Gasteiger partial charge in [0.25, 0.3) is 0 Å². The Labute approximate surface area is 121 Å². The van der Waals surface area contributed by atoms with Crippen molar-refractivity contribution in [1.82, 2.24) is 0 Å². The lowest BCUT2D eigenvalue weighted by Gasteiger charge is -2.02. The summed E-state index contributed by atoms with van der Waals surface area (Å²) >= 11 is 0. The molecule has 1 N–H and O–H groups in total. The Morgan fingerprint density at radius 3 is 2.19 bits per heavy atom. The van der Waals surface area contributed by atoms with Crippen molar-refractivity contribution < 1.29 is 19.1 Å². The molecule has 0 aliphatic rings. The first-order valence-electron chi connectivity index (χ1n) is 6.33. The van der Waals surface area contributed by atoms with E-state index in [0.717, 1.165) is 11.6 Å². The minimum Gasteiger partial charge on any atom is -0.478 e. The van der Waals surface area contributed by atoms with Gasteiger partial charge in [0.1, 0.15) is 5.82 Å². The van der Waals surface area contributed by atoms with Crippen molar-refractivity contribution in [2.75, 3.05) is 0 Å². The van der Waals surface area contributed by atoms with Crippen LogP contribution in [-0.2, 0) is 11.2 Å². The first-order valence-corrected chi connectivity index (χ1v) is 6.33. The predicted octanol–water partition coefficient (Wildman–Crippen LogP) is 3.35. The van der Waals surface area contributed by atoms with Crippen LogP contribution in [0.15, 0.2) is 54.6 Å². The summed E-state index contributed by atoms with van der Waals surface area (Å²) in [5.41, 5.74) is 1.98. The Kier molecular flexibility index (Phi) is 4.61. The number of Topliss-reactive ketones (excluding diaryl/α,β-unsaturated/α-hetero) is 1. The number of carbonyl (C=O) groups is 2.